The molecular weight excluding hydrogens is 252 g/mol. The normalized spacial score (nSPS) is 9.86. The van der Waals surface area contributed by atoms with Crippen LogP contribution in [0.2, 0.25) is 0 Å². The third-order valence-corrected chi connectivity index (χ3v) is 2.61. The summed E-state index contributed by atoms with van der Waals surface area (Å²) >= 11 is 3.14. The van der Waals surface area contributed by atoms with Gasteiger partial charge in [0.2, 0.25) is 0 Å². The van der Waals surface area contributed by atoms with Crippen LogP contribution in [0.15, 0.2) is 16.6 Å². The van der Waals surface area contributed by atoms with Gasteiger partial charge < -0.3 is 10.2 Å². The van der Waals surface area contributed by atoms with E-state index in [0.29, 0.717) is 10.0 Å². The second-order valence-corrected chi connectivity index (χ2v) is 3.61. The second kappa shape index (κ2) is 3.79. The molecule has 2 N–H and O–H groups in total. The lowest BCUT2D eigenvalue weighted by atomic mass is 10.0. The molecule has 0 aromatic heterocycles. The lowest BCUT2D eigenvalue weighted by Crippen LogP contribution is -2.08. The fourth-order valence-electron chi connectivity index (χ4n) is 1.04. The number of carbonyl (C=O) groups is 2. The maximum atomic E-state index is 10.7. The molecule has 0 fully saturated rings. The Morgan fingerprint density at radius 2 is 1.57 bits per heavy atom. The van der Waals surface area contributed by atoms with Crippen molar-refractivity contribution in [3.8, 4) is 0 Å². The molecule has 0 spiro atoms. The predicted molar refractivity (Wildman–Crippen MR) is 52.8 cm³/mol. The zero-order valence-electron chi connectivity index (χ0n) is 7.24. The first-order chi connectivity index (χ1) is 6.43. The number of hydrogen-bond donors (Lipinski definition) is 2. The van der Waals surface area contributed by atoms with E-state index in [-0.39, 0.29) is 11.1 Å². The van der Waals surface area contributed by atoms with Gasteiger partial charge in [-0.15, -0.1) is 0 Å². The van der Waals surface area contributed by atoms with Crippen LogP contribution < -0.4 is 0 Å². The Balaban J connectivity index is 3.46. The van der Waals surface area contributed by atoms with Gasteiger partial charge in [0.25, 0.3) is 0 Å². The molecule has 5 heteroatoms. The number of aromatic carboxylic acids is 2. The molecule has 0 aliphatic rings. The highest BCUT2D eigenvalue weighted by molar-refractivity contribution is 9.10. The van der Waals surface area contributed by atoms with Crippen LogP contribution in [0.3, 0.4) is 0 Å². The first-order valence-corrected chi connectivity index (χ1v) is 4.49. The van der Waals surface area contributed by atoms with Crippen LogP contribution in [0.25, 0.3) is 0 Å². The number of benzene rings is 1. The number of carboxylic acid groups (broad SMARTS) is 2. The van der Waals surface area contributed by atoms with Gasteiger partial charge in [0.05, 0.1) is 11.1 Å². The topological polar surface area (TPSA) is 74.6 Å². The quantitative estimate of drug-likeness (QED) is 0.853. The lowest BCUT2D eigenvalue weighted by molar-refractivity contribution is 0.0651. The lowest BCUT2D eigenvalue weighted by Gasteiger charge is -2.04. The molecule has 1 aromatic rings. The highest BCUT2D eigenvalue weighted by Crippen LogP contribution is 2.21. The standard InChI is InChI=1S/C9H7BrO4/c1-4-2-5(8(11)12)6(9(13)14)3-7(4)10/h2-3H,1H3,(H,11,12)(H,13,14). The highest BCUT2D eigenvalue weighted by atomic mass is 79.9. The summed E-state index contributed by atoms with van der Waals surface area (Å²) in [6.07, 6.45) is 0. The third kappa shape index (κ3) is 1.93. The maximum Gasteiger partial charge on any atom is 0.336 e. The fourth-order valence-corrected chi connectivity index (χ4v) is 1.38. The summed E-state index contributed by atoms with van der Waals surface area (Å²) < 4.78 is 0.583. The van der Waals surface area contributed by atoms with Gasteiger partial charge in [0.15, 0.2) is 0 Å². The zero-order chi connectivity index (χ0) is 10.9. The van der Waals surface area contributed by atoms with E-state index < -0.39 is 11.9 Å². The Bertz CT molecular complexity index is 373. The molecule has 0 bridgehead atoms. The Kier molecular flexibility index (Phi) is 2.90. The summed E-state index contributed by atoms with van der Waals surface area (Å²) in [5.74, 6) is -2.49. The Morgan fingerprint density at radius 1 is 1.14 bits per heavy atom. The molecule has 1 rings (SSSR count). The minimum atomic E-state index is -1.25. The fraction of sp³-hybridized carbons (Fsp3) is 0.111. The molecule has 0 unspecified atom stereocenters. The van der Waals surface area contributed by atoms with Crippen molar-refractivity contribution in [1.82, 2.24) is 0 Å². The van der Waals surface area contributed by atoms with Crippen molar-refractivity contribution in [2.24, 2.45) is 0 Å². The molecule has 0 amide bonds. The molecule has 74 valence electrons. The average Bonchev–Trinajstić information content (AvgIpc) is 2.08. The Labute approximate surface area is 88.3 Å². The number of hydrogen-bond acceptors (Lipinski definition) is 2. The van der Waals surface area contributed by atoms with Crippen LogP contribution in [-0.4, -0.2) is 22.2 Å². The number of rotatable bonds is 2. The van der Waals surface area contributed by atoms with Crippen molar-refractivity contribution in [3.05, 3.63) is 33.3 Å². The van der Waals surface area contributed by atoms with Crippen molar-refractivity contribution in [1.29, 1.82) is 0 Å². The van der Waals surface area contributed by atoms with Crippen LogP contribution in [0.4, 0.5) is 0 Å². The number of halogens is 1. The van der Waals surface area contributed by atoms with Crippen LogP contribution >= 0.6 is 15.9 Å². The van der Waals surface area contributed by atoms with Gasteiger partial charge in [-0.3, -0.25) is 0 Å². The second-order valence-electron chi connectivity index (χ2n) is 2.76. The van der Waals surface area contributed by atoms with E-state index in [1.165, 1.54) is 12.1 Å². The van der Waals surface area contributed by atoms with Crippen molar-refractivity contribution in [2.45, 2.75) is 6.92 Å². The molecular formula is C9H7BrO4. The van der Waals surface area contributed by atoms with E-state index in [4.69, 9.17) is 10.2 Å². The van der Waals surface area contributed by atoms with E-state index in [1.54, 1.807) is 6.92 Å². The molecule has 1 aromatic carbocycles. The number of carboxylic acids is 2. The van der Waals surface area contributed by atoms with Gasteiger partial charge in [-0.05, 0) is 24.6 Å². The van der Waals surface area contributed by atoms with Gasteiger partial charge in [-0.2, -0.15) is 0 Å². The first kappa shape index (κ1) is 10.7. The van der Waals surface area contributed by atoms with Crippen molar-refractivity contribution in [3.63, 3.8) is 0 Å². The highest BCUT2D eigenvalue weighted by Gasteiger charge is 2.17. The van der Waals surface area contributed by atoms with Crippen molar-refractivity contribution < 1.29 is 19.8 Å². The summed E-state index contributed by atoms with van der Waals surface area (Å²) in [4.78, 5) is 21.4. The molecule has 0 saturated heterocycles. The van der Waals surface area contributed by atoms with E-state index in [1.807, 2.05) is 0 Å². The molecule has 0 aliphatic carbocycles. The maximum absolute atomic E-state index is 10.7. The smallest absolute Gasteiger partial charge is 0.336 e. The van der Waals surface area contributed by atoms with Gasteiger partial charge in [0, 0.05) is 4.47 Å². The van der Waals surface area contributed by atoms with Gasteiger partial charge in [-0.1, -0.05) is 15.9 Å². The van der Waals surface area contributed by atoms with Crippen LogP contribution in [-0.2, 0) is 0 Å². The molecule has 0 aliphatic heterocycles. The van der Waals surface area contributed by atoms with E-state index in [2.05, 4.69) is 15.9 Å². The number of aryl methyl sites for hydroxylation is 1. The molecule has 14 heavy (non-hydrogen) atoms. The van der Waals surface area contributed by atoms with Crippen LogP contribution in [0.1, 0.15) is 26.3 Å². The average molecular weight is 259 g/mol. The van der Waals surface area contributed by atoms with Crippen molar-refractivity contribution >= 4 is 27.9 Å². The summed E-state index contributed by atoms with van der Waals surface area (Å²) in [6.45, 7) is 1.70. The first-order valence-electron chi connectivity index (χ1n) is 3.70. The van der Waals surface area contributed by atoms with Gasteiger partial charge in [-0.25, -0.2) is 9.59 Å². The molecule has 0 radical (unpaired) electrons. The SMILES string of the molecule is Cc1cc(C(=O)O)c(C(=O)O)cc1Br. The molecule has 0 heterocycles. The van der Waals surface area contributed by atoms with Crippen LogP contribution in [0.5, 0.6) is 0 Å². The van der Waals surface area contributed by atoms with E-state index in [0.717, 1.165) is 0 Å². The third-order valence-electron chi connectivity index (χ3n) is 1.76. The summed E-state index contributed by atoms with van der Waals surface area (Å²) in [7, 11) is 0. The minimum Gasteiger partial charge on any atom is -0.478 e. The largest absolute Gasteiger partial charge is 0.478 e. The van der Waals surface area contributed by atoms with Crippen LogP contribution in [0, 0.1) is 6.92 Å². The predicted octanol–water partition coefficient (Wildman–Crippen LogP) is 2.15. The van der Waals surface area contributed by atoms with Crippen molar-refractivity contribution in [2.75, 3.05) is 0 Å². The zero-order valence-corrected chi connectivity index (χ0v) is 8.83. The molecule has 4 nitrogen and oxygen atoms in total. The van der Waals surface area contributed by atoms with E-state index in [9.17, 15) is 9.59 Å². The minimum absolute atomic E-state index is 0.196. The molecule has 0 saturated carbocycles. The van der Waals surface area contributed by atoms with Gasteiger partial charge in [0.1, 0.15) is 0 Å². The molecule has 0 atom stereocenters. The Morgan fingerprint density at radius 3 is 2.00 bits per heavy atom. The summed E-state index contributed by atoms with van der Waals surface area (Å²) in [5.41, 5.74) is 0.278. The Hall–Kier alpha value is -1.36. The van der Waals surface area contributed by atoms with Gasteiger partial charge >= 0.3 is 11.9 Å². The monoisotopic (exact) mass is 258 g/mol. The summed E-state index contributed by atoms with van der Waals surface area (Å²) in [5, 5.41) is 17.5. The summed E-state index contributed by atoms with van der Waals surface area (Å²) in [6, 6.07) is 2.62. The van der Waals surface area contributed by atoms with E-state index >= 15 is 0 Å².